The Labute approximate surface area is 119 Å². The summed E-state index contributed by atoms with van der Waals surface area (Å²) in [6.07, 6.45) is 0. The van der Waals surface area contributed by atoms with Crippen LogP contribution >= 0.6 is 11.6 Å². The number of rotatable bonds is 2. The summed E-state index contributed by atoms with van der Waals surface area (Å²) in [5.74, 6) is -0.442. The summed E-state index contributed by atoms with van der Waals surface area (Å²) in [7, 11) is -4.69. The van der Waals surface area contributed by atoms with Gasteiger partial charge in [-0.15, -0.1) is 0 Å². The number of halogens is 1. The van der Waals surface area contributed by atoms with Crippen LogP contribution in [0.25, 0.3) is 5.69 Å². The molecule has 0 aliphatic rings. The molecule has 1 aromatic carbocycles. The van der Waals surface area contributed by atoms with Crippen molar-refractivity contribution in [2.45, 2.75) is 11.8 Å². The Morgan fingerprint density at radius 1 is 1.20 bits per heavy atom. The standard InChI is InChI=1S/C12H10ClNO5S/c1-7-6-10(15)14(9-4-2-8(13)3-5-9)12(16)11(7)20(17,18)19/h2-6,15H,1H3,(H,17,18,19). The highest BCUT2D eigenvalue weighted by Gasteiger charge is 2.22. The van der Waals surface area contributed by atoms with Crippen LogP contribution in [-0.2, 0) is 10.1 Å². The van der Waals surface area contributed by atoms with Crippen molar-refractivity contribution in [3.63, 3.8) is 0 Å². The van der Waals surface area contributed by atoms with E-state index in [2.05, 4.69) is 0 Å². The van der Waals surface area contributed by atoms with E-state index in [1.165, 1.54) is 31.2 Å². The zero-order valence-corrected chi connectivity index (χ0v) is 11.8. The molecule has 0 atom stereocenters. The molecular weight excluding hydrogens is 306 g/mol. The molecule has 1 heterocycles. The number of pyridine rings is 1. The number of nitrogens with zero attached hydrogens (tertiary/aromatic N) is 1. The molecule has 0 unspecified atom stereocenters. The molecule has 106 valence electrons. The van der Waals surface area contributed by atoms with Gasteiger partial charge >= 0.3 is 0 Å². The average molecular weight is 316 g/mol. The normalized spacial score (nSPS) is 11.6. The Hall–Kier alpha value is -1.83. The number of aromatic hydroxyl groups is 1. The molecule has 2 aromatic rings. The van der Waals surface area contributed by atoms with Crippen molar-refractivity contribution in [1.82, 2.24) is 4.57 Å². The molecule has 0 amide bonds. The zero-order chi connectivity index (χ0) is 15.1. The second-order valence-electron chi connectivity index (χ2n) is 4.11. The van der Waals surface area contributed by atoms with Gasteiger partial charge in [-0.2, -0.15) is 8.42 Å². The van der Waals surface area contributed by atoms with Gasteiger partial charge in [-0.1, -0.05) is 11.6 Å². The molecule has 8 heteroatoms. The highest BCUT2D eigenvalue weighted by Crippen LogP contribution is 2.21. The summed E-state index contributed by atoms with van der Waals surface area (Å²) in [6, 6.07) is 6.92. The minimum atomic E-state index is -4.69. The van der Waals surface area contributed by atoms with E-state index >= 15 is 0 Å². The Morgan fingerprint density at radius 2 is 1.75 bits per heavy atom. The molecule has 2 N–H and O–H groups in total. The van der Waals surface area contributed by atoms with E-state index in [1.807, 2.05) is 0 Å². The van der Waals surface area contributed by atoms with Gasteiger partial charge in [0.1, 0.15) is 0 Å². The third kappa shape index (κ3) is 2.55. The van der Waals surface area contributed by atoms with Gasteiger partial charge in [0.25, 0.3) is 15.7 Å². The van der Waals surface area contributed by atoms with Crippen LogP contribution in [0.4, 0.5) is 0 Å². The van der Waals surface area contributed by atoms with Crippen LogP contribution in [0.1, 0.15) is 5.56 Å². The third-order valence-corrected chi connectivity index (χ3v) is 3.94. The van der Waals surface area contributed by atoms with E-state index in [0.29, 0.717) is 5.02 Å². The smallest absolute Gasteiger partial charge is 0.300 e. The van der Waals surface area contributed by atoms with Crippen molar-refractivity contribution in [2.75, 3.05) is 0 Å². The molecule has 6 nitrogen and oxygen atoms in total. The van der Waals surface area contributed by atoms with E-state index in [1.54, 1.807) is 0 Å². The van der Waals surface area contributed by atoms with Crippen molar-refractivity contribution < 1.29 is 18.1 Å². The quantitative estimate of drug-likeness (QED) is 0.823. The van der Waals surface area contributed by atoms with Crippen LogP contribution in [0.3, 0.4) is 0 Å². The van der Waals surface area contributed by atoms with Crippen LogP contribution in [0.2, 0.25) is 5.02 Å². The second-order valence-corrected chi connectivity index (χ2v) is 5.90. The largest absolute Gasteiger partial charge is 0.494 e. The van der Waals surface area contributed by atoms with Crippen molar-refractivity contribution in [3.05, 3.63) is 51.3 Å². The van der Waals surface area contributed by atoms with Crippen molar-refractivity contribution in [2.24, 2.45) is 0 Å². The summed E-state index contributed by atoms with van der Waals surface area (Å²) in [5.41, 5.74) is -0.852. The van der Waals surface area contributed by atoms with Crippen LogP contribution in [0.5, 0.6) is 5.88 Å². The maximum Gasteiger partial charge on any atom is 0.300 e. The summed E-state index contributed by atoms with van der Waals surface area (Å²) in [6.45, 7) is 1.30. The van der Waals surface area contributed by atoms with Crippen molar-refractivity contribution in [3.8, 4) is 11.6 Å². The number of hydrogen-bond acceptors (Lipinski definition) is 4. The summed E-state index contributed by atoms with van der Waals surface area (Å²) < 4.78 is 32.4. The lowest BCUT2D eigenvalue weighted by atomic mass is 10.2. The Morgan fingerprint density at radius 3 is 2.25 bits per heavy atom. The summed E-state index contributed by atoms with van der Waals surface area (Å²) in [4.78, 5) is 11.4. The molecule has 0 bridgehead atoms. The van der Waals surface area contributed by atoms with E-state index in [4.69, 9.17) is 16.2 Å². The van der Waals surface area contributed by atoms with Crippen LogP contribution in [-0.4, -0.2) is 22.6 Å². The van der Waals surface area contributed by atoms with Crippen LogP contribution in [0.15, 0.2) is 40.0 Å². The maximum atomic E-state index is 12.2. The topological polar surface area (TPSA) is 96.6 Å². The molecule has 2 rings (SSSR count). The maximum absolute atomic E-state index is 12.2. The van der Waals surface area contributed by atoms with Crippen LogP contribution in [0, 0.1) is 6.92 Å². The van der Waals surface area contributed by atoms with Crippen molar-refractivity contribution >= 4 is 21.7 Å². The highest BCUT2D eigenvalue weighted by atomic mass is 35.5. The Bertz CT molecular complexity index is 824. The fourth-order valence-electron chi connectivity index (χ4n) is 1.85. The minimum Gasteiger partial charge on any atom is -0.494 e. The van der Waals surface area contributed by atoms with Gasteiger partial charge in [-0.3, -0.25) is 9.35 Å². The van der Waals surface area contributed by atoms with Gasteiger partial charge in [0.15, 0.2) is 10.8 Å². The first-order valence-corrected chi connectivity index (χ1v) is 7.22. The summed E-state index contributed by atoms with van der Waals surface area (Å²) in [5, 5.41) is 10.3. The fourth-order valence-corrected chi connectivity index (χ4v) is 2.76. The lowest BCUT2D eigenvalue weighted by Gasteiger charge is -2.11. The van der Waals surface area contributed by atoms with Gasteiger partial charge in [-0.25, -0.2) is 4.57 Å². The number of benzene rings is 1. The Balaban J connectivity index is 2.85. The monoisotopic (exact) mass is 315 g/mol. The van der Waals surface area contributed by atoms with E-state index in [-0.39, 0.29) is 11.3 Å². The van der Waals surface area contributed by atoms with Gasteiger partial charge < -0.3 is 5.11 Å². The third-order valence-electron chi connectivity index (χ3n) is 2.67. The predicted octanol–water partition coefficient (Wildman–Crippen LogP) is 1.75. The molecule has 0 aliphatic carbocycles. The highest BCUT2D eigenvalue weighted by molar-refractivity contribution is 7.85. The van der Waals surface area contributed by atoms with Gasteiger partial charge in [0.2, 0.25) is 0 Å². The molecule has 0 saturated carbocycles. The average Bonchev–Trinajstić information content (AvgIpc) is 2.28. The van der Waals surface area contributed by atoms with Crippen LogP contribution < -0.4 is 5.56 Å². The minimum absolute atomic E-state index is 0.0415. The SMILES string of the molecule is Cc1cc(O)n(-c2ccc(Cl)cc2)c(=O)c1S(=O)(=O)O. The first kappa shape index (κ1) is 14.6. The second kappa shape index (κ2) is 4.93. The number of aromatic nitrogens is 1. The first-order valence-electron chi connectivity index (χ1n) is 5.41. The molecule has 0 aliphatic heterocycles. The molecular formula is C12H10ClNO5S. The predicted molar refractivity (Wildman–Crippen MR) is 73.3 cm³/mol. The van der Waals surface area contributed by atoms with Gasteiger partial charge in [0, 0.05) is 11.1 Å². The molecule has 0 radical (unpaired) electrons. The summed E-state index contributed by atoms with van der Waals surface area (Å²) >= 11 is 5.72. The fraction of sp³-hybridized carbons (Fsp3) is 0.0833. The first-order chi connectivity index (χ1) is 9.21. The van der Waals surface area contributed by atoms with E-state index in [9.17, 15) is 18.3 Å². The number of aryl methyl sites for hydroxylation is 1. The zero-order valence-electron chi connectivity index (χ0n) is 10.2. The van der Waals surface area contributed by atoms with Gasteiger partial charge in [-0.05, 0) is 36.8 Å². The lowest BCUT2D eigenvalue weighted by molar-refractivity contribution is 0.430. The molecule has 0 spiro atoms. The molecule has 0 saturated heterocycles. The van der Waals surface area contributed by atoms with Crippen molar-refractivity contribution in [1.29, 1.82) is 0 Å². The Kier molecular flexibility index (Phi) is 3.59. The lowest BCUT2D eigenvalue weighted by Crippen LogP contribution is -2.25. The molecule has 1 aromatic heterocycles. The van der Waals surface area contributed by atoms with E-state index < -0.39 is 26.5 Å². The number of hydrogen-bond donors (Lipinski definition) is 2. The molecule has 0 fully saturated rings. The van der Waals surface area contributed by atoms with E-state index in [0.717, 1.165) is 10.6 Å². The molecule has 20 heavy (non-hydrogen) atoms. The van der Waals surface area contributed by atoms with Gasteiger partial charge in [0.05, 0.1) is 5.69 Å².